The number of nitrogens with two attached hydrogens (primary N) is 1. The molecule has 0 radical (unpaired) electrons. The van der Waals surface area contributed by atoms with Crippen LogP contribution < -0.4 is 11.3 Å². The summed E-state index contributed by atoms with van der Waals surface area (Å²) in [5.41, 5.74) is 7.03. The Bertz CT molecular complexity index is 507. The quantitative estimate of drug-likeness (QED) is 0.608. The molecule has 0 bridgehead atoms. The minimum Gasteiger partial charge on any atom is -0.271 e. The minimum absolute atomic E-state index is 0.274. The van der Waals surface area contributed by atoms with Gasteiger partial charge in [-0.15, -0.1) is 0 Å². The molecular weight excluding hydrogens is 208 g/mol. The zero-order chi connectivity index (χ0) is 11.7. The number of hydrogen-bond donors (Lipinski definition) is 2. The lowest BCUT2D eigenvalue weighted by Gasteiger charge is -2.12. The van der Waals surface area contributed by atoms with Crippen LogP contribution in [0.2, 0.25) is 0 Å². The molecular formula is C15H16N2. The molecule has 0 aromatic heterocycles. The molecule has 2 nitrogen and oxygen atoms in total. The zero-order valence-corrected chi connectivity index (χ0v) is 9.64. The van der Waals surface area contributed by atoms with Crippen molar-refractivity contribution in [1.82, 2.24) is 5.43 Å². The maximum Gasteiger partial charge on any atom is 0.0472 e. The summed E-state index contributed by atoms with van der Waals surface area (Å²) >= 11 is 0. The Morgan fingerprint density at radius 3 is 2.24 bits per heavy atom. The lowest BCUT2D eigenvalue weighted by Crippen LogP contribution is -2.26. The van der Waals surface area contributed by atoms with E-state index in [4.69, 9.17) is 5.84 Å². The van der Waals surface area contributed by atoms with Crippen molar-refractivity contribution in [3.8, 4) is 0 Å². The van der Waals surface area contributed by atoms with Crippen molar-refractivity contribution in [2.45, 2.75) is 18.4 Å². The van der Waals surface area contributed by atoms with E-state index < -0.39 is 0 Å². The fourth-order valence-electron chi connectivity index (χ4n) is 2.79. The number of hydrogen-bond acceptors (Lipinski definition) is 2. The highest BCUT2D eigenvalue weighted by molar-refractivity contribution is 5.44. The van der Waals surface area contributed by atoms with Gasteiger partial charge in [0, 0.05) is 12.0 Å². The first kappa shape index (κ1) is 10.5. The van der Waals surface area contributed by atoms with Crippen molar-refractivity contribution in [2.75, 3.05) is 0 Å². The van der Waals surface area contributed by atoms with Gasteiger partial charge in [-0.3, -0.25) is 11.3 Å². The Labute approximate surface area is 101 Å². The number of hydrazine groups is 1. The molecule has 0 heterocycles. The number of benzene rings is 2. The topological polar surface area (TPSA) is 38.0 Å². The molecule has 2 atom stereocenters. The third kappa shape index (κ3) is 1.75. The summed E-state index contributed by atoms with van der Waals surface area (Å²) in [7, 11) is 0. The average molecular weight is 224 g/mol. The fourth-order valence-corrected chi connectivity index (χ4v) is 2.79. The van der Waals surface area contributed by atoms with Crippen molar-refractivity contribution in [1.29, 1.82) is 0 Å². The average Bonchev–Trinajstić information content (AvgIpc) is 2.78. The van der Waals surface area contributed by atoms with E-state index in [0.717, 1.165) is 6.42 Å². The molecule has 17 heavy (non-hydrogen) atoms. The molecule has 0 unspecified atom stereocenters. The SMILES string of the molecule is NN[C@@H]1C[C@H](c2ccccc2)c2ccccc21. The summed E-state index contributed by atoms with van der Waals surface area (Å²) < 4.78 is 0. The van der Waals surface area contributed by atoms with Gasteiger partial charge in [0.25, 0.3) is 0 Å². The molecule has 1 aliphatic rings. The number of fused-ring (bicyclic) bond motifs is 1. The van der Waals surface area contributed by atoms with Crippen LogP contribution in [0.3, 0.4) is 0 Å². The summed E-state index contributed by atoms with van der Waals surface area (Å²) in [6.07, 6.45) is 1.04. The number of nitrogens with one attached hydrogen (secondary N) is 1. The second kappa shape index (κ2) is 4.32. The van der Waals surface area contributed by atoms with Gasteiger partial charge in [-0.25, -0.2) is 0 Å². The van der Waals surface area contributed by atoms with Crippen LogP contribution in [0.25, 0.3) is 0 Å². The second-order valence-corrected chi connectivity index (χ2v) is 4.55. The summed E-state index contributed by atoms with van der Waals surface area (Å²) in [6, 6.07) is 19.5. The van der Waals surface area contributed by atoms with Gasteiger partial charge < -0.3 is 0 Å². The standard InChI is InChI=1S/C15H16N2/c16-17-15-10-14(11-6-2-1-3-7-11)12-8-4-5-9-13(12)15/h1-9,14-15,17H,10,16H2/t14-,15-/m1/s1. The first-order valence-corrected chi connectivity index (χ1v) is 6.00. The maximum atomic E-state index is 5.64. The van der Waals surface area contributed by atoms with Crippen LogP contribution in [-0.4, -0.2) is 0 Å². The summed E-state index contributed by atoms with van der Waals surface area (Å²) in [5, 5.41) is 0. The minimum atomic E-state index is 0.274. The van der Waals surface area contributed by atoms with Gasteiger partial charge in [0.2, 0.25) is 0 Å². The Kier molecular flexibility index (Phi) is 2.67. The molecule has 2 heteroatoms. The van der Waals surface area contributed by atoms with E-state index >= 15 is 0 Å². The molecule has 0 spiro atoms. The lowest BCUT2D eigenvalue weighted by molar-refractivity contribution is 0.531. The molecule has 3 rings (SSSR count). The second-order valence-electron chi connectivity index (χ2n) is 4.55. The Morgan fingerprint density at radius 2 is 1.53 bits per heavy atom. The smallest absolute Gasteiger partial charge is 0.0472 e. The fraction of sp³-hybridized carbons (Fsp3) is 0.200. The predicted molar refractivity (Wildman–Crippen MR) is 69.4 cm³/mol. The van der Waals surface area contributed by atoms with Crippen molar-refractivity contribution in [3.05, 3.63) is 71.3 Å². The lowest BCUT2D eigenvalue weighted by atomic mass is 9.93. The van der Waals surface area contributed by atoms with Gasteiger partial charge >= 0.3 is 0 Å². The Balaban J connectivity index is 2.05. The monoisotopic (exact) mass is 224 g/mol. The molecule has 3 N–H and O–H groups in total. The molecule has 0 saturated carbocycles. The van der Waals surface area contributed by atoms with Gasteiger partial charge in [0.05, 0.1) is 0 Å². The molecule has 0 amide bonds. The molecule has 86 valence electrons. The highest BCUT2D eigenvalue weighted by atomic mass is 15.2. The van der Waals surface area contributed by atoms with Crippen LogP contribution in [0.5, 0.6) is 0 Å². The molecule has 0 saturated heterocycles. The highest BCUT2D eigenvalue weighted by Crippen LogP contribution is 2.43. The van der Waals surface area contributed by atoms with E-state index in [0.29, 0.717) is 5.92 Å². The van der Waals surface area contributed by atoms with E-state index in [1.807, 2.05) is 0 Å². The normalized spacial score (nSPS) is 22.4. The third-order valence-electron chi connectivity index (χ3n) is 3.62. The first-order valence-electron chi connectivity index (χ1n) is 6.00. The van der Waals surface area contributed by atoms with Gasteiger partial charge in [-0.1, -0.05) is 54.6 Å². The zero-order valence-electron chi connectivity index (χ0n) is 9.64. The van der Waals surface area contributed by atoms with Gasteiger partial charge in [-0.2, -0.15) is 0 Å². The van der Waals surface area contributed by atoms with Crippen LogP contribution in [0, 0.1) is 0 Å². The molecule has 0 fully saturated rings. The van der Waals surface area contributed by atoms with Crippen LogP contribution in [-0.2, 0) is 0 Å². The van der Waals surface area contributed by atoms with Crippen LogP contribution in [0.15, 0.2) is 54.6 Å². The highest BCUT2D eigenvalue weighted by Gasteiger charge is 2.30. The number of rotatable bonds is 2. The summed E-state index contributed by atoms with van der Waals surface area (Å²) in [6.45, 7) is 0. The van der Waals surface area contributed by atoms with E-state index in [9.17, 15) is 0 Å². The van der Waals surface area contributed by atoms with Crippen molar-refractivity contribution < 1.29 is 0 Å². The Morgan fingerprint density at radius 1 is 0.882 bits per heavy atom. The van der Waals surface area contributed by atoms with Crippen molar-refractivity contribution in [3.63, 3.8) is 0 Å². The maximum absolute atomic E-state index is 5.64. The largest absolute Gasteiger partial charge is 0.271 e. The van der Waals surface area contributed by atoms with Gasteiger partial charge in [0.1, 0.15) is 0 Å². The van der Waals surface area contributed by atoms with Crippen molar-refractivity contribution in [2.24, 2.45) is 5.84 Å². The van der Waals surface area contributed by atoms with Crippen molar-refractivity contribution >= 4 is 0 Å². The van der Waals surface area contributed by atoms with Gasteiger partial charge in [0.15, 0.2) is 0 Å². The predicted octanol–water partition coefficient (Wildman–Crippen LogP) is 2.73. The first-order chi connectivity index (χ1) is 8.40. The molecule has 0 aliphatic heterocycles. The van der Waals surface area contributed by atoms with Gasteiger partial charge in [-0.05, 0) is 23.1 Å². The summed E-state index contributed by atoms with van der Waals surface area (Å²) in [5.74, 6) is 6.11. The van der Waals surface area contributed by atoms with E-state index in [2.05, 4.69) is 60.0 Å². The van der Waals surface area contributed by atoms with Crippen LogP contribution >= 0.6 is 0 Å². The third-order valence-corrected chi connectivity index (χ3v) is 3.62. The van der Waals surface area contributed by atoms with E-state index in [1.165, 1.54) is 16.7 Å². The molecule has 1 aliphatic carbocycles. The molecule has 2 aromatic carbocycles. The van der Waals surface area contributed by atoms with Crippen LogP contribution in [0.4, 0.5) is 0 Å². The molecule has 2 aromatic rings. The van der Waals surface area contributed by atoms with E-state index in [-0.39, 0.29) is 6.04 Å². The Hall–Kier alpha value is -1.64. The van der Waals surface area contributed by atoms with E-state index in [1.54, 1.807) is 0 Å². The summed E-state index contributed by atoms with van der Waals surface area (Å²) in [4.78, 5) is 0. The van der Waals surface area contributed by atoms with Crippen LogP contribution in [0.1, 0.15) is 35.1 Å².